The summed E-state index contributed by atoms with van der Waals surface area (Å²) in [7, 11) is 0. The summed E-state index contributed by atoms with van der Waals surface area (Å²) in [5.41, 5.74) is 1.75. The molecule has 0 aliphatic carbocycles. The van der Waals surface area contributed by atoms with Gasteiger partial charge in [-0.15, -0.1) is 0 Å². The molecule has 6 nitrogen and oxygen atoms in total. The topological polar surface area (TPSA) is 70.6 Å². The van der Waals surface area contributed by atoms with E-state index in [0.29, 0.717) is 11.6 Å². The smallest absolute Gasteiger partial charge is 0.115 e. The molecular weight excluding hydrogens is 240 g/mol. The summed E-state index contributed by atoms with van der Waals surface area (Å²) in [6.45, 7) is 2.84. The van der Waals surface area contributed by atoms with E-state index < -0.39 is 0 Å². The lowest BCUT2D eigenvalue weighted by atomic mass is 10.3. The second-order valence-electron chi connectivity index (χ2n) is 4.75. The number of rotatable bonds is 3. The van der Waals surface area contributed by atoms with Crippen molar-refractivity contribution in [1.29, 1.82) is 5.26 Å². The fourth-order valence-electron chi connectivity index (χ4n) is 2.44. The summed E-state index contributed by atoms with van der Waals surface area (Å²) in [6, 6.07) is 2.46. The van der Waals surface area contributed by atoms with Crippen molar-refractivity contribution in [2.24, 2.45) is 0 Å². The van der Waals surface area contributed by atoms with Crippen molar-refractivity contribution >= 4 is 0 Å². The van der Waals surface area contributed by atoms with Gasteiger partial charge in [-0.3, -0.25) is 9.58 Å². The van der Waals surface area contributed by atoms with E-state index in [0.717, 1.165) is 31.6 Å². The first-order valence-corrected chi connectivity index (χ1v) is 6.25. The Balaban J connectivity index is 1.63. The Labute approximate surface area is 111 Å². The third-order valence-electron chi connectivity index (χ3n) is 3.37. The quantitative estimate of drug-likeness (QED) is 0.817. The number of hydrogen-bond acceptors (Lipinski definition) is 5. The van der Waals surface area contributed by atoms with Crippen LogP contribution >= 0.6 is 0 Å². The van der Waals surface area contributed by atoms with Gasteiger partial charge in [0.2, 0.25) is 0 Å². The number of hydrogen-bond donors (Lipinski definition) is 0. The number of aromatic nitrogens is 4. The summed E-state index contributed by atoms with van der Waals surface area (Å²) in [4.78, 5) is 10.4. The molecule has 0 aromatic carbocycles. The van der Waals surface area contributed by atoms with E-state index in [1.54, 1.807) is 12.5 Å². The third kappa shape index (κ3) is 2.61. The van der Waals surface area contributed by atoms with E-state index in [-0.39, 0.29) is 0 Å². The Kier molecular flexibility index (Phi) is 3.21. The summed E-state index contributed by atoms with van der Waals surface area (Å²) < 4.78 is 1.90. The Hall–Kier alpha value is -2.26. The Bertz CT molecular complexity index is 585. The van der Waals surface area contributed by atoms with Crippen LogP contribution in [0.5, 0.6) is 0 Å². The van der Waals surface area contributed by atoms with Crippen LogP contribution in [0.4, 0.5) is 0 Å². The molecule has 0 bridgehead atoms. The Morgan fingerprint density at radius 1 is 1.32 bits per heavy atom. The van der Waals surface area contributed by atoms with E-state index in [9.17, 15) is 0 Å². The van der Waals surface area contributed by atoms with Crippen molar-refractivity contribution in [2.45, 2.75) is 19.0 Å². The monoisotopic (exact) mass is 254 g/mol. The van der Waals surface area contributed by atoms with Gasteiger partial charge in [0.05, 0.1) is 17.8 Å². The summed E-state index contributed by atoms with van der Waals surface area (Å²) in [6.07, 6.45) is 9.74. The fraction of sp³-hybridized carbons (Fsp3) is 0.385. The van der Waals surface area contributed by atoms with Crippen LogP contribution in [0.2, 0.25) is 0 Å². The zero-order valence-corrected chi connectivity index (χ0v) is 10.5. The lowest BCUT2D eigenvalue weighted by Crippen LogP contribution is -2.21. The summed E-state index contributed by atoms with van der Waals surface area (Å²) >= 11 is 0. The van der Waals surface area contributed by atoms with E-state index >= 15 is 0 Å². The predicted molar refractivity (Wildman–Crippen MR) is 67.9 cm³/mol. The number of nitriles is 1. The zero-order chi connectivity index (χ0) is 13.1. The van der Waals surface area contributed by atoms with Crippen LogP contribution in [0.3, 0.4) is 0 Å². The molecule has 6 heteroatoms. The Morgan fingerprint density at radius 2 is 2.16 bits per heavy atom. The van der Waals surface area contributed by atoms with Crippen molar-refractivity contribution in [3.63, 3.8) is 0 Å². The minimum atomic E-state index is 0.353. The van der Waals surface area contributed by atoms with Crippen LogP contribution in [-0.4, -0.2) is 37.7 Å². The van der Waals surface area contributed by atoms with Gasteiger partial charge >= 0.3 is 0 Å². The maximum atomic E-state index is 8.81. The normalized spacial score (nSPS) is 19.4. The van der Waals surface area contributed by atoms with Gasteiger partial charge in [0.15, 0.2) is 0 Å². The maximum Gasteiger partial charge on any atom is 0.115 e. The Morgan fingerprint density at radius 3 is 2.89 bits per heavy atom. The first-order valence-electron chi connectivity index (χ1n) is 6.25. The van der Waals surface area contributed by atoms with Crippen LogP contribution in [0.25, 0.3) is 0 Å². The minimum Gasteiger partial charge on any atom is -0.297 e. The molecule has 1 aliphatic heterocycles. The molecule has 96 valence electrons. The van der Waals surface area contributed by atoms with Gasteiger partial charge in [-0.25, -0.2) is 9.97 Å². The molecular formula is C13H14N6. The van der Waals surface area contributed by atoms with Gasteiger partial charge in [-0.1, -0.05) is 0 Å². The molecule has 3 rings (SSSR count). The molecule has 0 spiro atoms. The molecule has 0 amide bonds. The van der Waals surface area contributed by atoms with Gasteiger partial charge in [-0.05, 0) is 6.42 Å². The highest BCUT2D eigenvalue weighted by Gasteiger charge is 2.24. The molecule has 1 atom stereocenters. The summed E-state index contributed by atoms with van der Waals surface area (Å²) in [5, 5.41) is 13.1. The van der Waals surface area contributed by atoms with Crippen molar-refractivity contribution in [1.82, 2.24) is 24.6 Å². The van der Waals surface area contributed by atoms with Gasteiger partial charge in [0.1, 0.15) is 12.4 Å². The average molecular weight is 254 g/mol. The first-order chi connectivity index (χ1) is 9.35. The molecule has 0 radical (unpaired) electrons. The largest absolute Gasteiger partial charge is 0.297 e. The molecule has 1 saturated heterocycles. The molecule has 2 aromatic heterocycles. The number of nitrogens with zero attached hydrogens (tertiary/aromatic N) is 6. The van der Waals surface area contributed by atoms with Crippen LogP contribution in [0.15, 0.2) is 31.1 Å². The van der Waals surface area contributed by atoms with Crippen LogP contribution < -0.4 is 0 Å². The second kappa shape index (κ2) is 5.16. The molecule has 19 heavy (non-hydrogen) atoms. The zero-order valence-electron chi connectivity index (χ0n) is 10.5. The third-order valence-corrected chi connectivity index (χ3v) is 3.37. The van der Waals surface area contributed by atoms with Crippen molar-refractivity contribution in [3.8, 4) is 6.07 Å². The van der Waals surface area contributed by atoms with E-state index in [2.05, 4.69) is 26.0 Å². The number of likely N-dealkylation sites (tertiary alicyclic amines) is 1. The van der Waals surface area contributed by atoms with E-state index in [1.807, 2.05) is 23.3 Å². The molecule has 1 aliphatic rings. The lowest BCUT2D eigenvalue weighted by Gasteiger charge is -2.15. The molecule has 0 saturated carbocycles. The van der Waals surface area contributed by atoms with Crippen molar-refractivity contribution in [2.75, 3.05) is 13.1 Å². The molecule has 2 aromatic rings. The fourth-order valence-corrected chi connectivity index (χ4v) is 2.44. The van der Waals surface area contributed by atoms with Crippen LogP contribution in [-0.2, 0) is 6.54 Å². The highest BCUT2D eigenvalue weighted by molar-refractivity contribution is 5.22. The van der Waals surface area contributed by atoms with Gasteiger partial charge in [0, 0.05) is 43.8 Å². The average Bonchev–Trinajstić information content (AvgIpc) is 3.08. The minimum absolute atomic E-state index is 0.353. The van der Waals surface area contributed by atoms with Gasteiger partial charge < -0.3 is 0 Å². The predicted octanol–water partition coefficient (Wildman–Crippen LogP) is 0.992. The van der Waals surface area contributed by atoms with Crippen LogP contribution in [0, 0.1) is 11.3 Å². The lowest BCUT2D eigenvalue weighted by molar-refractivity contribution is 0.311. The maximum absolute atomic E-state index is 8.81. The highest BCUT2D eigenvalue weighted by atomic mass is 15.3. The highest BCUT2D eigenvalue weighted by Crippen LogP contribution is 2.22. The van der Waals surface area contributed by atoms with Gasteiger partial charge in [-0.2, -0.15) is 10.4 Å². The van der Waals surface area contributed by atoms with E-state index in [4.69, 9.17) is 5.26 Å². The van der Waals surface area contributed by atoms with Crippen LogP contribution in [0.1, 0.15) is 23.6 Å². The molecule has 3 heterocycles. The van der Waals surface area contributed by atoms with Crippen molar-refractivity contribution < 1.29 is 0 Å². The van der Waals surface area contributed by atoms with E-state index in [1.165, 1.54) is 0 Å². The van der Waals surface area contributed by atoms with Crippen molar-refractivity contribution in [3.05, 3.63) is 42.2 Å². The first kappa shape index (κ1) is 11.8. The molecule has 1 unspecified atom stereocenters. The summed E-state index contributed by atoms with van der Waals surface area (Å²) in [5.74, 6) is 0. The molecule has 0 N–H and O–H groups in total. The standard InChI is InChI=1S/C13H14N6/c14-3-11-6-17-19(8-11)13-1-2-18(9-13)7-12-4-15-10-16-5-12/h4-6,8,10,13H,1-2,7,9H2. The molecule has 1 fully saturated rings. The second-order valence-corrected chi connectivity index (χ2v) is 4.75. The SMILES string of the molecule is N#Cc1cnn(C2CCN(Cc3cncnc3)C2)c1. The van der Waals surface area contributed by atoms with Gasteiger partial charge in [0.25, 0.3) is 0 Å².